The normalized spacial score (nSPS) is 14.2. The van der Waals surface area contributed by atoms with Gasteiger partial charge in [0.15, 0.2) is 0 Å². The first-order chi connectivity index (χ1) is 16.7. The lowest BCUT2D eigenvalue weighted by Crippen LogP contribution is -2.49. The number of hydrogen-bond acceptors (Lipinski definition) is 6. The molecule has 1 aliphatic rings. The second kappa shape index (κ2) is 12.0. The topological polar surface area (TPSA) is 78.9 Å². The molecule has 1 aromatic carbocycles. The third-order valence-corrected chi connectivity index (χ3v) is 5.83. The van der Waals surface area contributed by atoms with Crippen LogP contribution in [-0.2, 0) is 15.7 Å². The molecule has 190 valence electrons. The molecular formula is C24H30F3N5O3. The zero-order chi connectivity index (χ0) is 25.4. The highest BCUT2D eigenvalue weighted by molar-refractivity contribution is 5.92. The Bertz CT molecular complexity index is 993. The number of nitrogens with zero attached hydrogens (tertiary/aromatic N) is 5. The standard InChI is InChI=1S/C24H30F3N5O3/c1-18-16-29-21(17-28-18)23(34)32(8-4-14-35-2)9-7-22(33)31-12-10-30(11-13-31)20-6-3-5-19(15-20)24(25,26)27/h3,5-6,15-17H,4,7-14H2,1-2H3. The van der Waals surface area contributed by atoms with E-state index in [4.69, 9.17) is 4.74 Å². The molecule has 0 spiro atoms. The molecular weight excluding hydrogens is 463 g/mol. The molecule has 0 atom stereocenters. The van der Waals surface area contributed by atoms with Gasteiger partial charge in [0.1, 0.15) is 5.69 Å². The van der Waals surface area contributed by atoms with Crippen molar-refractivity contribution in [3.63, 3.8) is 0 Å². The minimum atomic E-state index is -4.40. The van der Waals surface area contributed by atoms with E-state index in [0.29, 0.717) is 57.1 Å². The van der Waals surface area contributed by atoms with E-state index < -0.39 is 11.7 Å². The van der Waals surface area contributed by atoms with Crippen LogP contribution in [0.3, 0.4) is 0 Å². The van der Waals surface area contributed by atoms with Crippen LogP contribution in [0.15, 0.2) is 36.7 Å². The zero-order valence-electron chi connectivity index (χ0n) is 19.9. The predicted molar refractivity (Wildman–Crippen MR) is 124 cm³/mol. The van der Waals surface area contributed by atoms with E-state index in [1.54, 1.807) is 29.9 Å². The molecule has 0 saturated carbocycles. The number of halogens is 3. The smallest absolute Gasteiger partial charge is 0.385 e. The Labute approximate surface area is 202 Å². The van der Waals surface area contributed by atoms with E-state index in [0.717, 1.165) is 12.1 Å². The SMILES string of the molecule is COCCCN(CCC(=O)N1CCN(c2cccc(C(F)(F)F)c2)CC1)C(=O)c1cnc(C)cn1. The molecule has 1 aromatic heterocycles. The summed E-state index contributed by atoms with van der Waals surface area (Å²) in [7, 11) is 1.58. The number of benzene rings is 1. The molecule has 0 bridgehead atoms. The van der Waals surface area contributed by atoms with Gasteiger partial charge in [0.25, 0.3) is 5.91 Å². The van der Waals surface area contributed by atoms with Crippen LogP contribution < -0.4 is 4.90 Å². The molecule has 0 aliphatic carbocycles. The highest BCUT2D eigenvalue weighted by Crippen LogP contribution is 2.31. The Morgan fingerprint density at radius 3 is 2.46 bits per heavy atom. The fraction of sp³-hybridized carbons (Fsp3) is 0.500. The minimum absolute atomic E-state index is 0.103. The Hall–Kier alpha value is -3.21. The van der Waals surface area contributed by atoms with Crippen molar-refractivity contribution in [3.8, 4) is 0 Å². The van der Waals surface area contributed by atoms with Crippen molar-refractivity contribution in [2.45, 2.75) is 25.9 Å². The number of hydrogen-bond donors (Lipinski definition) is 0. The van der Waals surface area contributed by atoms with Crippen LogP contribution >= 0.6 is 0 Å². The summed E-state index contributed by atoms with van der Waals surface area (Å²) < 4.78 is 44.1. The van der Waals surface area contributed by atoms with Gasteiger partial charge in [-0.25, -0.2) is 4.98 Å². The van der Waals surface area contributed by atoms with Crippen LogP contribution in [0.25, 0.3) is 0 Å². The fourth-order valence-corrected chi connectivity index (χ4v) is 3.86. The third-order valence-electron chi connectivity index (χ3n) is 5.83. The Balaban J connectivity index is 1.55. The average Bonchev–Trinajstić information content (AvgIpc) is 2.85. The van der Waals surface area contributed by atoms with Crippen molar-refractivity contribution in [2.24, 2.45) is 0 Å². The van der Waals surface area contributed by atoms with E-state index >= 15 is 0 Å². The summed E-state index contributed by atoms with van der Waals surface area (Å²) in [6.45, 7) is 4.57. The van der Waals surface area contributed by atoms with Gasteiger partial charge in [0.2, 0.25) is 5.91 Å². The maximum atomic E-state index is 13.0. The number of carbonyl (C=O) groups excluding carboxylic acids is 2. The lowest BCUT2D eigenvalue weighted by molar-refractivity contribution is -0.137. The molecule has 2 heterocycles. The quantitative estimate of drug-likeness (QED) is 0.500. The molecule has 0 unspecified atom stereocenters. The van der Waals surface area contributed by atoms with Crippen molar-refractivity contribution in [2.75, 3.05) is 57.9 Å². The Kier molecular flexibility index (Phi) is 9.02. The molecule has 11 heteroatoms. The predicted octanol–water partition coefficient (Wildman–Crippen LogP) is 3.02. The summed E-state index contributed by atoms with van der Waals surface area (Å²) in [6, 6.07) is 5.22. The summed E-state index contributed by atoms with van der Waals surface area (Å²) in [5, 5.41) is 0. The molecule has 35 heavy (non-hydrogen) atoms. The summed E-state index contributed by atoms with van der Waals surface area (Å²) in [6.07, 6.45) is -0.692. The first-order valence-corrected chi connectivity index (χ1v) is 11.5. The molecule has 2 amide bonds. The number of carbonyl (C=O) groups is 2. The number of alkyl halides is 3. The van der Waals surface area contributed by atoms with Gasteiger partial charge >= 0.3 is 6.18 Å². The van der Waals surface area contributed by atoms with Crippen molar-refractivity contribution < 1.29 is 27.5 Å². The van der Waals surface area contributed by atoms with E-state index in [2.05, 4.69) is 9.97 Å². The van der Waals surface area contributed by atoms with Gasteiger partial charge < -0.3 is 19.4 Å². The average molecular weight is 494 g/mol. The van der Waals surface area contributed by atoms with Crippen molar-refractivity contribution in [1.29, 1.82) is 0 Å². The number of ether oxygens (including phenoxy) is 1. The van der Waals surface area contributed by atoms with Crippen LogP contribution in [0.4, 0.5) is 18.9 Å². The van der Waals surface area contributed by atoms with Crippen molar-refractivity contribution in [1.82, 2.24) is 19.8 Å². The third kappa shape index (κ3) is 7.38. The number of piperazine rings is 1. The van der Waals surface area contributed by atoms with Crippen molar-refractivity contribution >= 4 is 17.5 Å². The van der Waals surface area contributed by atoms with E-state index in [9.17, 15) is 22.8 Å². The van der Waals surface area contributed by atoms with E-state index in [1.807, 2.05) is 4.90 Å². The zero-order valence-corrected chi connectivity index (χ0v) is 19.9. The summed E-state index contributed by atoms with van der Waals surface area (Å²) >= 11 is 0. The van der Waals surface area contributed by atoms with Gasteiger partial charge in [0, 0.05) is 71.3 Å². The van der Waals surface area contributed by atoms with Crippen LogP contribution in [0.5, 0.6) is 0 Å². The van der Waals surface area contributed by atoms with Crippen LogP contribution in [-0.4, -0.2) is 84.6 Å². The summed E-state index contributed by atoms with van der Waals surface area (Å²) in [5.74, 6) is -0.399. The molecule has 3 rings (SSSR count). The second-order valence-electron chi connectivity index (χ2n) is 8.35. The number of rotatable bonds is 9. The van der Waals surface area contributed by atoms with Gasteiger partial charge in [-0.1, -0.05) is 6.07 Å². The molecule has 0 N–H and O–H groups in total. The van der Waals surface area contributed by atoms with Crippen LogP contribution in [0, 0.1) is 6.92 Å². The maximum Gasteiger partial charge on any atom is 0.416 e. The number of anilines is 1. The van der Waals surface area contributed by atoms with Gasteiger partial charge in [-0.05, 0) is 31.5 Å². The molecule has 1 fully saturated rings. The fourth-order valence-electron chi connectivity index (χ4n) is 3.86. The Morgan fingerprint density at radius 2 is 1.83 bits per heavy atom. The summed E-state index contributed by atoms with van der Waals surface area (Å²) in [5.41, 5.74) is 0.716. The maximum absolute atomic E-state index is 13.0. The first kappa shape index (κ1) is 26.4. The van der Waals surface area contributed by atoms with E-state index in [-0.39, 0.29) is 30.5 Å². The highest BCUT2D eigenvalue weighted by Gasteiger charge is 2.31. The monoisotopic (exact) mass is 493 g/mol. The van der Waals surface area contributed by atoms with Gasteiger partial charge in [-0.15, -0.1) is 0 Å². The van der Waals surface area contributed by atoms with Gasteiger partial charge in [-0.2, -0.15) is 13.2 Å². The Morgan fingerprint density at radius 1 is 1.09 bits per heavy atom. The lowest BCUT2D eigenvalue weighted by Gasteiger charge is -2.36. The lowest BCUT2D eigenvalue weighted by atomic mass is 10.1. The van der Waals surface area contributed by atoms with Crippen molar-refractivity contribution in [3.05, 3.63) is 53.6 Å². The first-order valence-electron chi connectivity index (χ1n) is 11.5. The largest absolute Gasteiger partial charge is 0.416 e. The summed E-state index contributed by atoms with van der Waals surface area (Å²) in [4.78, 5) is 39.1. The number of aryl methyl sites for hydroxylation is 1. The van der Waals surface area contributed by atoms with Crippen LogP contribution in [0.2, 0.25) is 0 Å². The molecule has 1 aliphatic heterocycles. The number of amides is 2. The molecule has 1 saturated heterocycles. The molecule has 8 nitrogen and oxygen atoms in total. The van der Waals surface area contributed by atoms with Gasteiger partial charge in [-0.3, -0.25) is 14.6 Å². The second-order valence-corrected chi connectivity index (χ2v) is 8.35. The van der Waals surface area contributed by atoms with Crippen LogP contribution in [0.1, 0.15) is 34.6 Å². The number of methoxy groups -OCH3 is 1. The number of aromatic nitrogens is 2. The minimum Gasteiger partial charge on any atom is -0.385 e. The van der Waals surface area contributed by atoms with E-state index in [1.165, 1.54) is 18.5 Å². The molecule has 0 radical (unpaired) electrons. The van der Waals surface area contributed by atoms with Gasteiger partial charge in [0.05, 0.1) is 17.5 Å². The highest BCUT2D eigenvalue weighted by atomic mass is 19.4. The molecule has 2 aromatic rings.